The van der Waals surface area contributed by atoms with Crippen LogP contribution in [0, 0.1) is 0 Å². The molecule has 0 spiro atoms. The van der Waals surface area contributed by atoms with Crippen LogP contribution in [0.25, 0.3) is 10.9 Å². The topological polar surface area (TPSA) is 72.0 Å². The first-order chi connectivity index (χ1) is 13.1. The highest BCUT2D eigenvalue weighted by molar-refractivity contribution is 5.84. The van der Waals surface area contributed by atoms with Gasteiger partial charge >= 0.3 is 5.97 Å². The lowest BCUT2D eigenvalue weighted by Gasteiger charge is -2.28. The maximum Gasteiger partial charge on any atom is 0.317 e. The SMILES string of the molecule is CC(OC(=O)C1(c2ccccc2)CCCC1)c1nc2ccccc2c(=O)[nH]1. The minimum atomic E-state index is -0.629. The van der Waals surface area contributed by atoms with Gasteiger partial charge in [-0.15, -0.1) is 0 Å². The molecule has 1 unspecified atom stereocenters. The lowest BCUT2D eigenvalue weighted by Crippen LogP contribution is -2.35. The number of nitrogens with zero attached hydrogens (tertiary/aromatic N) is 1. The van der Waals surface area contributed by atoms with Crippen LogP contribution in [-0.2, 0) is 14.9 Å². The number of para-hydroxylation sites is 1. The fourth-order valence-electron chi connectivity index (χ4n) is 3.97. The predicted molar refractivity (Wildman–Crippen MR) is 103 cm³/mol. The molecule has 5 nitrogen and oxygen atoms in total. The van der Waals surface area contributed by atoms with E-state index < -0.39 is 11.5 Å². The Labute approximate surface area is 157 Å². The lowest BCUT2D eigenvalue weighted by molar-refractivity contribution is -0.156. The molecule has 1 heterocycles. The van der Waals surface area contributed by atoms with Crippen LogP contribution >= 0.6 is 0 Å². The quantitative estimate of drug-likeness (QED) is 0.711. The van der Waals surface area contributed by atoms with Crippen LogP contribution in [0.1, 0.15) is 50.1 Å². The van der Waals surface area contributed by atoms with Crippen molar-refractivity contribution in [2.75, 3.05) is 0 Å². The van der Waals surface area contributed by atoms with Crippen molar-refractivity contribution < 1.29 is 9.53 Å². The molecule has 1 N–H and O–H groups in total. The Bertz CT molecular complexity index is 1020. The van der Waals surface area contributed by atoms with Gasteiger partial charge < -0.3 is 9.72 Å². The van der Waals surface area contributed by atoms with Crippen molar-refractivity contribution in [3.05, 3.63) is 76.3 Å². The van der Waals surface area contributed by atoms with Crippen molar-refractivity contribution in [3.8, 4) is 0 Å². The molecule has 1 aromatic heterocycles. The van der Waals surface area contributed by atoms with Gasteiger partial charge in [0.2, 0.25) is 0 Å². The highest BCUT2D eigenvalue weighted by Gasteiger charge is 2.44. The molecule has 0 bridgehead atoms. The van der Waals surface area contributed by atoms with E-state index in [-0.39, 0.29) is 11.5 Å². The van der Waals surface area contributed by atoms with Gasteiger partial charge in [0, 0.05) is 0 Å². The number of fused-ring (bicyclic) bond motifs is 1. The third kappa shape index (κ3) is 3.14. The van der Waals surface area contributed by atoms with Gasteiger partial charge in [-0.25, -0.2) is 4.98 Å². The number of hydrogen-bond donors (Lipinski definition) is 1. The number of hydrogen-bond acceptors (Lipinski definition) is 4. The average molecular weight is 362 g/mol. The van der Waals surface area contributed by atoms with Crippen LogP contribution < -0.4 is 5.56 Å². The molecule has 3 aromatic rings. The molecule has 5 heteroatoms. The Morgan fingerprint density at radius 3 is 2.48 bits per heavy atom. The second-order valence-electron chi connectivity index (χ2n) is 7.17. The van der Waals surface area contributed by atoms with Gasteiger partial charge in [-0.3, -0.25) is 9.59 Å². The molecule has 2 aromatic carbocycles. The zero-order chi connectivity index (χ0) is 18.9. The number of H-pyrrole nitrogens is 1. The van der Waals surface area contributed by atoms with Crippen LogP contribution in [0.2, 0.25) is 0 Å². The van der Waals surface area contributed by atoms with Crippen LogP contribution in [0.3, 0.4) is 0 Å². The summed E-state index contributed by atoms with van der Waals surface area (Å²) in [5.41, 5.74) is 0.765. The van der Waals surface area contributed by atoms with Crippen LogP contribution in [0.5, 0.6) is 0 Å². The Morgan fingerprint density at radius 1 is 1.07 bits per heavy atom. The monoisotopic (exact) mass is 362 g/mol. The third-order valence-electron chi connectivity index (χ3n) is 5.47. The molecule has 138 valence electrons. The molecule has 1 aliphatic rings. The smallest absolute Gasteiger partial charge is 0.317 e. The Hall–Kier alpha value is -2.95. The number of carbonyl (C=O) groups excluding carboxylic acids is 1. The van der Waals surface area contributed by atoms with Gasteiger partial charge in [0.05, 0.1) is 16.3 Å². The van der Waals surface area contributed by atoms with E-state index in [2.05, 4.69) is 9.97 Å². The number of benzene rings is 2. The summed E-state index contributed by atoms with van der Waals surface area (Å²) < 4.78 is 5.81. The molecule has 27 heavy (non-hydrogen) atoms. The molecular formula is C22H22N2O3. The maximum absolute atomic E-state index is 13.2. The van der Waals surface area contributed by atoms with Gasteiger partial charge in [-0.2, -0.15) is 0 Å². The second-order valence-corrected chi connectivity index (χ2v) is 7.17. The molecular weight excluding hydrogens is 340 g/mol. The summed E-state index contributed by atoms with van der Waals surface area (Å²) in [6, 6.07) is 17.0. The van der Waals surface area contributed by atoms with E-state index in [9.17, 15) is 9.59 Å². The Morgan fingerprint density at radius 2 is 1.74 bits per heavy atom. The van der Waals surface area contributed by atoms with Gasteiger partial charge in [-0.05, 0) is 37.5 Å². The zero-order valence-corrected chi connectivity index (χ0v) is 15.3. The first-order valence-electron chi connectivity index (χ1n) is 9.36. The number of nitrogens with one attached hydrogen (secondary N) is 1. The number of carbonyl (C=O) groups is 1. The molecule has 0 saturated heterocycles. The summed E-state index contributed by atoms with van der Waals surface area (Å²) in [6.45, 7) is 1.75. The molecule has 1 saturated carbocycles. The van der Waals surface area contributed by atoms with Crippen molar-refractivity contribution in [1.82, 2.24) is 9.97 Å². The van der Waals surface area contributed by atoms with E-state index in [1.807, 2.05) is 36.4 Å². The standard InChI is InChI=1S/C22H22N2O3/c1-15(19-23-18-12-6-5-11-17(18)20(25)24-19)27-21(26)22(13-7-8-14-22)16-9-3-2-4-10-16/h2-6,9-12,15H,7-8,13-14H2,1H3,(H,23,24,25). The number of esters is 1. The van der Waals surface area contributed by atoms with Crippen molar-refractivity contribution >= 4 is 16.9 Å². The van der Waals surface area contributed by atoms with Gasteiger partial charge in [-0.1, -0.05) is 55.3 Å². The molecule has 0 aliphatic heterocycles. The summed E-state index contributed by atoms with van der Waals surface area (Å²) in [6.07, 6.45) is 2.94. The minimum absolute atomic E-state index is 0.225. The van der Waals surface area contributed by atoms with E-state index >= 15 is 0 Å². The highest BCUT2D eigenvalue weighted by atomic mass is 16.5. The number of aromatic nitrogens is 2. The maximum atomic E-state index is 13.2. The first kappa shape index (κ1) is 17.5. The zero-order valence-electron chi connectivity index (χ0n) is 15.3. The van der Waals surface area contributed by atoms with Crippen LogP contribution in [-0.4, -0.2) is 15.9 Å². The van der Waals surface area contributed by atoms with Crippen molar-refractivity contribution in [2.24, 2.45) is 0 Å². The van der Waals surface area contributed by atoms with Crippen LogP contribution in [0.15, 0.2) is 59.4 Å². The van der Waals surface area contributed by atoms with Gasteiger partial charge in [0.25, 0.3) is 5.56 Å². The molecule has 1 atom stereocenters. The van der Waals surface area contributed by atoms with E-state index in [0.717, 1.165) is 31.2 Å². The third-order valence-corrected chi connectivity index (χ3v) is 5.47. The van der Waals surface area contributed by atoms with E-state index in [1.54, 1.807) is 25.1 Å². The summed E-state index contributed by atoms with van der Waals surface area (Å²) in [4.78, 5) is 32.7. The fourth-order valence-corrected chi connectivity index (χ4v) is 3.97. The molecule has 0 radical (unpaired) electrons. The molecule has 1 aliphatic carbocycles. The largest absolute Gasteiger partial charge is 0.454 e. The predicted octanol–water partition coefficient (Wildman–Crippen LogP) is 4.04. The minimum Gasteiger partial charge on any atom is -0.454 e. The Balaban J connectivity index is 1.63. The summed E-state index contributed by atoms with van der Waals surface area (Å²) in [5, 5.41) is 0.524. The van der Waals surface area contributed by atoms with Crippen molar-refractivity contribution in [1.29, 1.82) is 0 Å². The average Bonchev–Trinajstić information content (AvgIpc) is 3.20. The normalized spacial score (nSPS) is 16.9. The second kappa shape index (κ2) is 6.99. The Kier molecular flexibility index (Phi) is 4.52. The van der Waals surface area contributed by atoms with Crippen molar-refractivity contribution in [2.45, 2.75) is 44.1 Å². The lowest BCUT2D eigenvalue weighted by atomic mass is 9.79. The number of aromatic amines is 1. The fraction of sp³-hybridized carbons (Fsp3) is 0.318. The number of rotatable bonds is 4. The molecule has 4 rings (SSSR count). The molecule has 1 fully saturated rings. The highest BCUT2D eigenvalue weighted by Crippen LogP contribution is 2.42. The van der Waals surface area contributed by atoms with E-state index in [0.29, 0.717) is 16.7 Å². The van der Waals surface area contributed by atoms with Crippen LogP contribution in [0.4, 0.5) is 0 Å². The van der Waals surface area contributed by atoms with Gasteiger partial charge in [0.15, 0.2) is 11.9 Å². The summed E-state index contributed by atoms with van der Waals surface area (Å²) in [7, 11) is 0. The number of ether oxygens (including phenoxy) is 1. The van der Waals surface area contributed by atoms with E-state index in [4.69, 9.17) is 4.74 Å². The summed E-state index contributed by atoms with van der Waals surface area (Å²) in [5.74, 6) is 0.128. The van der Waals surface area contributed by atoms with Gasteiger partial charge in [0.1, 0.15) is 0 Å². The molecule has 0 amide bonds. The summed E-state index contributed by atoms with van der Waals surface area (Å²) >= 11 is 0. The first-order valence-corrected chi connectivity index (χ1v) is 9.36. The van der Waals surface area contributed by atoms with Crippen molar-refractivity contribution in [3.63, 3.8) is 0 Å². The van der Waals surface area contributed by atoms with E-state index in [1.165, 1.54) is 0 Å².